The highest BCUT2D eigenvalue weighted by atomic mass is 32.2. The highest BCUT2D eigenvalue weighted by Gasteiger charge is 2.35. The van der Waals surface area contributed by atoms with Gasteiger partial charge in [-0.2, -0.15) is 0 Å². The van der Waals surface area contributed by atoms with Crippen molar-refractivity contribution < 1.29 is 23.1 Å². The van der Waals surface area contributed by atoms with E-state index in [1.165, 1.54) is 0 Å². The van der Waals surface area contributed by atoms with Crippen molar-refractivity contribution in [2.75, 3.05) is 12.4 Å². The number of carboxylic acids is 1. The molecule has 110 valence electrons. The van der Waals surface area contributed by atoms with Crippen molar-refractivity contribution in [1.82, 2.24) is 0 Å². The van der Waals surface area contributed by atoms with Crippen LogP contribution in [-0.4, -0.2) is 43.2 Å². The Morgan fingerprint density at radius 3 is 2.60 bits per heavy atom. The summed E-state index contributed by atoms with van der Waals surface area (Å²) in [5.74, 6) is -1.51. The van der Waals surface area contributed by atoms with Crippen LogP contribution in [0.15, 0.2) is 30.3 Å². The lowest BCUT2D eigenvalue weighted by Crippen LogP contribution is -2.37. The molecule has 1 aliphatic rings. The zero-order valence-electron chi connectivity index (χ0n) is 11.1. The Hall–Kier alpha value is -1.40. The number of hydrogen-bond acceptors (Lipinski definition) is 4. The fourth-order valence-corrected chi connectivity index (χ4v) is 4.11. The van der Waals surface area contributed by atoms with Gasteiger partial charge < -0.3 is 9.84 Å². The summed E-state index contributed by atoms with van der Waals surface area (Å²) in [4.78, 5) is 11.3. The first kappa shape index (κ1) is 15.0. The SMILES string of the molecule is O=C(O)C(Cc1ccccc1)S(=O)(=O)CC1CCCO1. The Labute approximate surface area is 118 Å². The van der Waals surface area contributed by atoms with Gasteiger partial charge in [-0.1, -0.05) is 30.3 Å². The van der Waals surface area contributed by atoms with Crippen LogP contribution in [0.1, 0.15) is 18.4 Å². The minimum absolute atomic E-state index is 0.00870. The molecule has 1 aliphatic heterocycles. The van der Waals surface area contributed by atoms with E-state index in [9.17, 15) is 18.3 Å². The molecule has 0 bridgehead atoms. The van der Waals surface area contributed by atoms with E-state index in [1.807, 2.05) is 0 Å². The average molecular weight is 298 g/mol. The highest BCUT2D eigenvalue weighted by molar-refractivity contribution is 7.92. The van der Waals surface area contributed by atoms with Gasteiger partial charge in [0, 0.05) is 6.61 Å². The van der Waals surface area contributed by atoms with Gasteiger partial charge in [-0.3, -0.25) is 4.79 Å². The molecule has 5 nitrogen and oxygen atoms in total. The molecule has 1 fully saturated rings. The highest BCUT2D eigenvalue weighted by Crippen LogP contribution is 2.18. The van der Waals surface area contributed by atoms with E-state index in [2.05, 4.69) is 0 Å². The van der Waals surface area contributed by atoms with Crippen LogP contribution in [0.25, 0.3) is 0 Å². The summed E-state index contributed by atoms with van der Waals surface area (Å²) in [7, 11) is -3.73. The number of aliphatic carboxylic acids is 1. The molecular formula is C14H18O5S. The van der Waals surface area contributed by atoms with Crippen LogP contribution in [0.2, 0.25) is 0 Å². The molecule has 6 heteroatoms. The second-order valence-corrected chi connectivity index (χ2v) is 7.21. The van der Waals surface area contributed by atoms with Crippen LogP contribution in [-0.2, 0) is 25.8 Å². The number of rotatable bonds is 6. The van der Waals surface area contributed by atoms with Gasteiger partial charge in [-0.15, -0.1) is 0 Å². The van der Waals surface area contributed by atoms with E-state index in [4.69, 9.17) is 4.74 Å². The average Bonchev–Trinajstić information content (AvgIpc) is 2.88. The first-order valence-electron chi connectivity index (χ1n) is 6.59. The largest absolute Gasteiger partial charge is 0.480 e. The van der Waals surface area contributed by atoms with E-state index in [0.29, 0.717) is 18.6 Å². The van der Waals surface area contributed by atoms with E-state index >= 15 is 0 Å². The number of sulfone groups is 1. The van der Waals surface area contributed by atoms with E-state index < -0.39 is 21.1 Å². The minimum atomic E-state index is -3.73. The minimum Gasteiger partial charge on any atom is -0.480 e. The number of benzene rings is 1. The maximum atomic E-state index is 12.3. The van der Waals surface area contributed by atoms with E-state index in [1.54, 1.807) is 30.3 Å². The summed E-state index contributed by atoms with van der Waals surface area (Å²) in [5.41, 5.74) is 0.704. The molecule has 0 spiro atoms. The zero-order valence-corrected chi connectivity index (χ0v) is 11.9. The predicted molar refractivity (Wildman–Crippen MR) is 74.3 cm³/mol. The van der Waals surface area contributed by atoms with Crippen LogP contribution in [0.5, 0.6) is 0 Å². The van der Waals surface area contributed by atoms with Crippen LogP contribution in [0.3, 0.4) is 0 Å². The number of ether oxygens (including phenoxy) is 1. The third-order valence-corrected chi connectivity index (χ3v) is 5.49. The monoisotopic (exact) mass is 298 g/mol. The zero-order chi connectivity index (χ0) is 14.6. The number of carbonyl (C=O) groups is 1. The van der Waals surface area contributed by atoms with Crippen molar-refractivity contribution in [2.45, 2.75) is 30.6 Å². The van der Waals surface area contributed by atoms with Gasteiger partial charge >= 0.3 is 5.97 Å². The summed E-state index contributed by atoms with van der Waals surface area (Å²) < 4.78 is 29.8. The maximum absolute atomic E-state index is 12.3. The molecule has 1 saturated heterocycles. The first-order chi connectivity index (χ1) is 9.49. The smallest absolute Gasteiger partial charge is 0.322 e. The fraction of sp³-hybridized carbons (Fsp3) is 0.500. The third-order valence-electron chi connectivity index (χ3n) is 3.42. The molecule has 20 heavy (non-hydrogen) atoms. The molecule has 0 radical (unpaired) electrons. The molecule has 1 N–H and O–H groups in total. The summed E-state index contributed by atoms with van der Waals surface area (Å²) in [6, 6.07) is 8.80. The topological polar surface area (TPSA) is 80.7 Å². The van der Waals surface area contributed by atoms with Gasteiger partial charge in [0.15, 0.2) is 15.1 Å². The molecule has 0 aromatic heterocycles. The molecule has 2 unspecified atom stereocenters. The Balaban J connectivity index is 2.12. The molecule has 0 saturated carbocycles. The van der Waals surface area contributed by atoms with Crippen LogP contribution >= 0.6 is 0 Å². The summed E-state index contributed by atoms with van der Waals surface area (Å²) in [6.45, 7) is 0.552. The normalized spacial score (nSPS) is 20.7. The first-order valence-corrected chi connectivity index (χ1v) is 8.30. The Morgan fingerprint density at radius 2 is 2.05 bits per heavy atom. The Bertz CT molecular complexity index is 546. The maximum Gasteiger partial charge on any atom is 0.322 e. The van der Waals surface area contributed by atoms with Crippen molar-refractivity contribution in [3.8, 4) is 0 Å². The summed E-state index contributed by atoms with van der Waals surface area (Å²) >= 11 is 0. The number of hydrogen-bond donors (Lipinski definition) is 1. The molecule has 2 atom stereocenters. The van der Waals surface area contributed by atoms with Crippen molar-refractivity contribution in [3.63, 3.8) is 0 Å². The van der Waals surface area contributed by atoms with Gasteiger partial charge in [0.05, 0.1) is 11.9 Å². The molecule has 0 aliphatic carbocycles. The Morgan fingerprint density at radius 1 is 1.35 bits per heavy atom. The number of carboxylic acid groups (broad SMARTS) is 1. The molecule has 1 heterocycles. The molecule has 2 rings (SSSR count). The van der Waals surface area contributed by atoms with Crippen molar-refractivity contribution in [2.24, 2.45) is 0 Å². The van der Waals surface area contributed by atoms with Gasteiger partial charge in [-0.25, -0.2) is 8.42 Å². The van der Waals surface area contributed by atoms with Crippen LogP contribution in [0, 0.1) is 0 Å². The lowest BCUT2D eigenvalue weighted by molar-refractivity contribution is -0.136. The Kier molecular flexibility index (Phi) is 4.77. The predicted octanol–water partition coefficient (Wildman–Crippen LogP) is 1.28. The quantitative estimate of drug-likeness (QED) is 0.855. The van der Waals surface area contributed by atoms with E-state index in [0.717, 1.165) is 6.42 Å². The lowest BCUT2D eigenvalue weighted by atomic mass is 10.1. The molecule has 1 aromatic rings. The molecule has 0 amide bonds. The van der Waals surface area contributed by atoms with Crippen LogP contribution in [0.4, 0.5) is 0 Å². The third kappa shape index (κ3) is 3.80. The van der Waals surface area contributed by atoms with Gasteiger partial charge in [0.1, 0.15) is 0 Å². The summed E-state index contributed by atoms with van der Waals surface area (Å²) in [5, 5.41) is 7.82. The van der Waals surface area contributed by atoms with Crippen molar-refractivity contribution >= 4 is 15.8 Å². The standard InChI is InChI=1S/C14H18O5S/c15-14(16)13(9-11-5-2-1-3-6-11)20(17,18)10-12-7-4-8-19-12/h1-3,5-6,12-13H,4,7-10H2,(H,15,16). The van der Waals surface area contributed by atoms with Crippen molar-refractivity contribution in [3.05, 3.63) is 35.9 Å². The van der Waals surface area contributed by atoms with Gasteiger partial charge in [0.25, 0.3) is 0 Å². The van der Waals surface area contributed by atoms with Gasteiger partial charge in [0.2, 0.25) is 0 Å². The second-order valence-electron chi connectivity index (χ2n) is 4.98. The lowest BCUT2D eigenvalue weighted by Gasteiger charge is -2.16. The fourth-order valence-electron chi connectivity index (χ4n) is 2.35. The van der Waals surface area contributed by atoms with Crippen molar-refractivity contribution in [1.29, 1.82) is 0 Å². The second kappa shape index (κ2) is 6.37. The molecule has 1 aromatic carbocycles. The molecular weight excluding hydrogens is 280 g/mol. The van der Waals surface area contributed by atoms with Crippen LogP contribution < -0.4 is 0 Å². The van der Waals surface area contributed by atoms with E-state index in [-0.39, 0.29) is 18.3 Å². The summed E-state index contributed by atoms with van der Waals surface area (Å²) in [6.07, 6.45) is 1.14. The van der Waals surface area contributed by atoms with Gasteiger partial charge in [-0.05, 0) is 24.8 Å².